The van der Waals surface area contributed by atoms with Crippen LogP contribution in [0, 0.1) is 4.91 Å². The Hall–Kier alpha value is -3.74. The molecule has 0 fully saturated rings. The molecular formula is C25H28N2O5. The second kappa shape index (κ2) is 12.8. The lowest BCUT2D eigenvalue weighted by Crippen LogP contribution is -2.17. The molecule has 0 saturated carbocycles. The molecule has 7 heteroatoms. The summed E-state index contributed by atoms with van der Waals surface area (Å²) >= 11 is 0. The second-order valence-corrected chi connectivity index (χ2v) is 7.16. The molecule has 0 unspecified atom stereocenters. The smallest absolute Gasteiger partial charge is 0.341 e. The Balaban J connectivity index is 2.34. The molecule has 1 N–H and O–H groups in total. The molecule has 32 heavy (non-hydrogen) atoms. The first-order valence-electron chi connectivity index (χ1n) is 10.4. The number of allylic oxidation sites excluding steroid dienone is 2. The van der Waals surface area contributed by atoms with E-state index in [0.717, 1.165) is 18.1 Å². The third-order valence-electron chi connectivity index (χ3n) is 4.47. The number of hydrogen-bond acceptors (Lipinski definition) is 7. The number of hydrogen-bond donors (Lipinski definition) is 1. The molecule has 2 aromatic rings. The van der Waals surface area contributed by atoms with Crippen LogP contribution in [0.25, 0.3) is 0 Å². The Morgan fingerprint density at radius 2 is 2.00 bits per heavy atom. The van der Waals surface area contributed by atoms with Crippen molar-refractivity contribution in [1.29, 1.82) is 0 Å². The van der Waals surface area contributed by atoms with Gasteiger partial charge in [0.05, 0.1) is 11.3 Å². The standard InChI is InChI=1S/C25H28N2O5/c1-4-6-13-21(27-31-17-19-11-8-7-9-12-19)14-20-15-22(28)16-23(26-30)24(20)25(29)32-18(3)10-5-2/h5-9,11-13,15-16,18,28H,2,4,10,14,17H2,1,3H3/b13-6+,27-21-/t18-/m1/s1. The summed E-state index contributed by atoms with van der Waals surface area (Å²) in [7, 11) is 0. The van der Waals surface area contributed by atoms with Crippen LogP contribution in [0.2, 0.25) is 0 Å². The Labute approximate surface area is 188 Å². The van der Waals surface area contributed by atoms with E-state index in [4.69, 9.17) is 9.57 Å². The maximum Gasteiger partial charge on any atom is 0.341 e. The molecular weight excluding hydrogens is 408 g/mol. The molecule has 7 nitrogen and oxygen atoms in total. The molecule has 2 rings (SSSR count). The average Bonchev–Trinajstić information content (AvgIpc) is 2.77. The molecule has 0 amide bonds. The van der Waals surface area contributed by atoms with Gasteiger partial charge in [0.1, 0.15) is 24.1 Å². The zero-order valence-corrected chi connectivity index (χ0v) is 18.4. The van der Waals surface area contributed by atoms with E-state index in [2.05, 4.69) is 16.9 Å². The first-order valence-corrected chi connectivity index (χ1v) is 10.4. The zero-order valence-electron chi connectivity index (χ0n) is 18.4. The molecule has 0 heterocycles. The number of benzene rings is 2. The van der Waals surface area contributed by atoms with Gasteiger partial charge in [0.15, 0.2) is 0 Å². The third kappa shape index (κ3) is 7.50. The van der Waals surface area contributed by atoms with Gasteiger partial charge in [0, 0.05) is 18.9 Å². The van der Waals surface area contributed by atoms with Crippen LogP contribution in [0.5, 0.6) is 5.75 Å². The number of carbonyl (C=O) groups excluding carboxylic acids is 1. The molecule has 0 spiro atoms. The van der Waals surface area contributed by atoms with Crippen LogP contribution in [0.15, 0.2) is 77.6 Å². The monoisotopic (exact) mass is 436 g/mol. The van der Waals surface area contributed by atoms with Gasteiger partial charge in [-0.15, -0.1) is 11.5 Å². The van der Waals surface area contributed by atoms with E-state index in [1.54, 1.807) is 19.1 Å². The predicted octanol–water partition coefficient (Wildman–Crippen LogP) is 5.99. The van der Waals surface area contributed by atoms with E-state index < -0.39 is 12.1 Å². The van der Waals surface area contributed by atoms with Crippen molar-refractivity contribution in [2.75, 3.05) is 0 Å². The largest absolute Gasteiger partial charge is 0.508 e. The van der Waals surface area contributed by atoms with Crippen LogP contribution in [0.4, 0.5) is 5.69 Å². The molecule has 0 aromatic heterocycles. The maximum absolute atomic E-state index is 12.8. The van der Waals surface area contributed by atoms with Crippen molar-refractivity contribution in [3.63, 3.8) is 0 Å². The van der Waals surface area contributed by atoms with Crippen molar-refractivity contribution in [2.45, 2.75) is 45.8 Å². The second-order valence-electron chi connectivity index (χ2n) is 7.16. The first-order chi connectivity index (χ1) is 15.5. The van der Waals surface area contributed by atoms with Crippen LogP contribution in [0.3, 0.4) is 0 Å². The highest BCUT2D eigenvalue weighted by atomic mass is 16.6. The van der Waals surface area contributed by atoms with Gasteiger partial charge in [-0.2, -0.15) is 0 Å². The van der Waals surface area contributed by atoms with Gasteiger partial charge in [-0.05, 0) is 41.8 Å². The topological polar surface area (TPSA) is 97.6 Å². The van der Waals surface area contributed by atoms with Crippen LogP contribution in [0.1, 0.15) is 48.2 Å². The van der Waals surface area contributed by atoms with Crippen molar-refractivity contribution < 1.29 is 19.5 Å². The van der Waals surface area contributed by atoms with Crippen LogP contribution in [-0.2, 0) is 22.6 Å². The molecule has 0 aliphatic carbocycles. The Bertz CT molecular complexity index is 983. The molecule has 0 bridgehead atoms. The van der Waals surface area contributed by atoms with Crippen molar-refractivity contribution in [3.05, 3.63) is 88.9 Å². The number of carbonyl (C=O) groups is 1. The Kier molecular flexibility index (Phi) is 9.84. The van der Waals surface area contributed by atoms with Gasteiger partial charge in [-0.25, -0.2) is 4.79 Å². The lowest BCUT2D eigenvalue weighted by atomic mass is 9.99. The summed E-state index contributed by atoms with van der Waals surface area (Å²) in [6.07, 6.45) is 6.24. The molecule has 2 aromatic carbocycles. The summed E-state index contributed by atoms with van der Waals surface area (Å²) in [6.45, 7) is 7.61. The van der Waals surface area contributed by atoms with E-state index in [9.17, 15) is 14.8 Å². The molecule has 0 aliphatic rings. The SMILES string of the molecule is C=CC[C@@H](C)OC(=O)c1c(CC(/C=C/CC)=N\OCc2ccccc2)cc(O)cc1N=O. The lowest BCUT2D eigenvalue weighted by molar-refractivity contribution is 0.0348. The number of aromatic hydroxyl groups is 1. The van der Waals surface area contributed by atoms with Gasteiger partial charge < -0.3 is 14.7 Å². The minimum Gasteiger partial charge on any atom is -0.508 e. The average molecular weight is 437 g/mol. The number of rotatable bonds is 12. The summed E-state index contributed by atoms with van der Waals surface area (Å²) in [4.78, 5) is 29.7. The van der Waals surface area contributed by atoms with Crippen molar-refractivity contribution in [3.8, 4) is 5.75 Å². The number of nitrogens with zero attached hydrogens (tertiary/aromatic N) is 2. The first kappa shape index (κ1) is 24.5. The van der Waals surface area contributed by atoms with Crippen molar-refractivity contribution in [1.82, 2.24) is 0 Å². The van der Waals surface area contributed by atoms with Gasteiger partial charge in [0.25, 0.3) is 0 Å². The molecule has 1 atom stereocenters. The lowest BCUT2D eigenvalue weighted by Gasteiger charge is -2.15. The number of phenols is 1. The summed E-state index contributed by atoms with van der Waals surface area (Å²) < 4.78 is 5.42. The minimum atomic E-state index is -0.701. The van der Waals surface area contributed by atoms with E-state index in [1.165, 1.54) is 6.07 Å². The van der Waals surface area contributed by atoms with Crippen molar-refractivity contribution in [2.24, 2.45) is 10.3 Å². The van der Waals surface area contributed by atoms with E-state index in [-0.39, 0.29) is 30.0 Å². The Morgan fingerprint density at radius 1 is 1.25 bits per heavy atom. The van der Waals surface area contributed by atoms with E-state index in [1.807, 2.05) is 43.3 Å². The zero-order chi connectivity index (χ0) is 23.3. The molecule has 0 aliphatic heterocycles. The predicted molar refractivity (Wildman–Crippen MR) is 125 cm³/mol. The summed E-state index contributed by atoms with van der Waals surface area (Å²) in [5, 5.41) is 17.2. The maximum atomic E-state index is 12.8. The highest BCUT2D eigenvalue weighted by Crippen LogP contribution is 2.30. The number of esters is 1. The van der Waals surface area contributed by atoms with Crippen LogP contribution in [-0.4, -0.2) is 22.9 Å². The highest BCUT2D eigenvalue weighted by Gasteiger charge is 2.23. The number of ether oxygens (including phenoxy) is 1. The van der Waals surface area contributed by atoms with Crippen LogP contribution < -0.4 is 0 Å². The fraction of sp³-hybridized carbons (Fsp3) is 0.280. The minimum absolute atomic E-state index is 0.00521. The number of nitroso groups, excluding NO2 is 1. The highest BCUT2D eigenvalue weighted by molar-refractivity contribution is 6.01. The van der Waals surface area contributed by atoms with Gasteiger partial charge >= 0.3 is 5.97 Å². The number of phenolic OH excluding ortho intramolecular Hbond substituents is 1. The van der Waals surface area contributed by atoms with Gasteiger partial charge in [0.2, 0.25) is 0 Å². The van der Waals surface area contributed by atoms with Gasteiger partial charge in [-0.1, -0.05) is 54.6 Å². The molecule has 0 radical (unpaired) electrons. The fourth-order valence-electron chi connectivity index (χ4n) is 2.98. The number of oxime groups is 1. The van der Waals surface area contributed by atoms with E-state index >= 15 is 0 Å². The normalized spacial score (nSPS) is 12.4. The van der Waals surface area contributed by atoms with Crippen molar-refractivity contribution >= 4 is 17.4 Å². The summed E-state index contributed by atoms with van der Waals surface area (Å²) in [5.41, 5.74) is 1.63. The Morgan fingerprint density at radius 3 is 2.66 bits per heavy atom. The summed E-state index contributed by atoms with van der Waals surface area (Å²) in [5.74, 6) is -0.887. The molecule has 0 saturated heterocycles. The third-order valence-corrected chi connectivity index (χ3v) is 4.47. The fourth-order valence-corrected chi connectivity index (χ4v) is 2.98. The van der Waals surface area contributed by atoms with E-state index in [0.29, 0.717) is 17.7 Å². The van der Waals surface area contributed by atoms with Gasteiger partial charge in [-0.3, -0.25) is 0 Å². The quantitative estimate of drug-likeness (QED) is 0.145. The summed E-state index contributed by atoms with van der Waals surface area (Å²) in [6, 6.07) is 12.1. The molecule has 168 valence electrons. The van der Waals surface area contributed by atoms with Crippen LogP contribution >= 0.6 is 0 Å².